The highest BCUT2D eigenvalue weighted by molar-refractivity contribution is 7.85. The third-order valence-electron chi connectivity index (χ3n) is 11.7. The predicted octanol–water partition coefficient (Wildman–Crippen LogP) is 10.5. The number of carbonyl (C=O) groups excluding carboxylic acids is 2. The van der Waals surface area contributed by atoms with Crippen molar-refractivity contribution in [3.63, 3.8) is 0 Å². The molecule has 0 aromatic heterocycles. The average Bonchev–Trinajstić information content (AvgIpc) is 3.21. The van der Waals surface area contributed by atoms with Crippen molar-refractivity contribution in [3.8, 4) is 0 Å². The molecule has 0 spiro atoms. The molecule has 0 aromatic rings. The lowest BCUT2D eigenvalue weighted by Gasteiger charge is -2.40. The topological polar surface area (TPSA) is 186 Å². The summed E-state index contributed by atoms with van der Waals surface area (Å²) in [6.07, 6.45) is 30.2. The quantitative estimate of drug-likeness (QED) is 0.0259. The zero-order valence-corrected chi connectivity index (χ0v) is 38.9. The number of aliphatic hydroxyl groups excluding tert-OH is 3. The van der Waals surface area contributed by atoms with Crippen LogP contribution in [0.25, 0.3) is 0 Å². The normalized spacial score (nSPS) is 20.0. The molecule has 1 heterocycles. The zero-order chi connectivity index (χ0) is 44.1. The maximum atomic E-state index is 12.8. The Labute approximate surface area is 365 Å². The lowest BCUT2D eigenvalue weighted by molar-refractivity contribution is -0.297. The first-order valence-corrected chi connectivity index (χ1v) is 26.2. The van der Waals surface area contributed by atoms with Crippen LogP contribution in [-0.2, 0) is 38.7 Å². The van der Waals surface area contributed by atoms with Crippen molar-refractivity contribution < 1.29 is 56.8 Å². The summed E-state index contributed by atoms with van der Waals surface area (Å²) in [5, 5.41) is 30.9. The van der Waals surface area contributed by atoms with Crippen molar-refractivity contribution in [2.24, 2.45) is 0 Å². The summed E-state index contributed by atoms with van der Waals surface area (Å²) in [5.41, 5.74) is 0. The largest absolute Gasteiger partial charge is 0.462 e. The van der Waals surface area contributed by atoms with Gasteiger partial charge in [-0.3, -0.25) is 14.1 Å². The maximum Gasteiger partial charge on any atom is 0.306 e. The molecule has 1 fully saturated rings. The summed E-state index contributed by atoms with van der Waals surface area (Å²) in [4.78, 5) is 25.4. The maximum absolute atomic E-state index is 12.8. The van der Waals surface area contributed by atoms with Gasteiger partial charge in [0.1, 0.15) is 36.8 Å². The molecule has 1 saturated heterocycles. The molecule has 2 unspecified atom stereocenters. The molecule has 0 radical (unpaired) electrons. The van der Waals surface area contributed by atoms with Crippen LogP contribution >= 0.6 is 0 Å². The summed E-state index contributed by atoms with van der Waals surface area (Å²) in [6, 6.07) is 0. The number of unbranched alkanes of at least 4 members (excludes halogenated alkanes) is 30. The van der Waals surface area contributed by atoms with Gasteiger partial charge >= 0.3 is 11.9 Å². The van der Waals surface area contributed by atoms with Crippen LogP contribution in [0.2, 0.25) is 0 Å². The molecule has 0 saturated carbocycles. The molecule has 0 aromatic carbocycles. The Kier molecular flexibility index (Phi) is 36.0. The molecule has 0 bridgehead atoms. The third kappa shape index (κ3) is 32.3. The smallest absolute Gasteiger partial charge is 0.306 e. The van der Waals surface area contributed by atoms with Crippen molar-refractivity contribution in [1.82, 2.24) is 0 Å². The van der Waals surface area contributed by atoms with Crippen molar-refractivity contribution in [1.29, 1.82) is 0 Å². The van der Waals surface area contributed by atoms with Gasteiger partial charge in [-0.05, 0) is 12.8 Å². The van der Waals surface area contributed by atoms with E-state index in [0.29, 0.717) is 12.8 Å². The lowest BCUT2D eigenvalue weighted by atomic mass is 10.00. The average molecular weight is 879 g/mol. The molecule has 1 aliphatic rings. The summed E-state index contributed by atoms with van der Waals surface area (Å²) < 4.78 is 54.1. The summed E-state index contributed by atoms with van der Waals surface area (Å²) in [6.45, 7) is 3.78. The first-order valence-electron chi connectivity index (χ1n) is 24.6. The molecule has 60 heavy (non-hydrogen) atoms. The van der Waals surface area contributed by atoms with Crippen LogP contribution in [0, 0.1) is 0 Å². The number of aliphatic hydroxyl groups is 3. The second-order valence-electron chi connectivity index (χ2n) is 17.5. The minimum absolute atomic E-state index is 0.171. The molecule has 0 amide bonds. The zero-order valence-electron chi connectivity index (χ0n) is 38.1. The molecule has 356 valence electrons. The molecule has 0 aliphatic carbocycles. The Bertz CT molecular complexity index is 1120. The van der Waals surface area contributed by atoms with Crippen LogP contribution in [0.4, 0.5) is 0 Å². The second kappa shape index (κ2) is 38.1. The Balaban J connectivity index is 2.32. The van der Waals surface area contributed by atoms with Crippen LogP contribution in [0.15, 0.2) is 0 Å². The van der Waals surface area contributed by atoms with Crippen molar-refractivity contribution in [3.05, 3.63) is 0 Å². The van der Waals surface area contributed by atoms with Gasteiger partial charge in [0.15, 0.2) is 12.4 Å². The minimum Gasteiger partial charge on any atom is -0.462 e. The molecule has 13 heteroatoms. The minimum atomic E-state index is -4.60. The molecule has 6 atom stereocenters. The van der Waals surface area contributed by atoms with Gasteiger partial charge < -0.3 is 34.3 Å². The fourth-order valence-electron chi connectivity index (χ4n) is 7.86. The van der Waals surface area contributed by atoms with Gasteiger partial charge in [-0.2, -0.15) is 8.42 Å². The standard InChI is InChI=1S/C47H90O12S/c1-3-5-7-9-11-13-15-16-17-18-19-20-21-22-23-24-26-27-29-31-33-35-42(48)56-37-40(58-43(49)36-34-32-30-28-25-14-12-10-8-6-4-2)38-57-47-46(52)45(51)44(50)41(59-47)39-60(53,54)55/h40-41,44-47,50-52H,3-39H2,1-2H3,(H,53,54,55)/t40-,41-,44-,45?,46?,47+/m1/s1. The summed E-state index contributed by atoms with van der Waals surface area (Å²) in [7, 11) is -4.60. The van der Waals surface area contributed by atoms with E-state index in [1.807, 2.05) is 0 Å². The van der Waals surface area contributed by atoms with Gasteiger partial charge in [-0.1, -0.05) is 206 Å². The highest BCUT2D eigenvalue weighted by Crippen LogP contribution is 2.24. The monoisotopic (exact) mass is 879 g/mol. The van der Waals surface area contributed by atoms with E-state index >= 15 is 0 Å². The van der Waals surface area contributed by atoms with Crippen molar-refractivity contribution >= 4 is 22.1 Å². The van der Waals surface area contributed by atoms with Gasteiger partial charge in [-0.25, -0.2) is 0 Å². The van der Waals surface area contributed by atoms with Crippen LogP contribution in [0.3, 0.4) is 0 Å². The van der Waals surface area contributed by atoms with Crippen molar-refractivity contribution in [2.45, 2.75) is 269 Å². The number of hydrogen-bond donors (Lipinski definition) is 4. The highest BCUT2D eigenvalue weighted by Gasteiger charge is 2.46. The fraction of sp³-hybridized carbons (Fsp3) is 0.957. The molecule has 4 N–H and O–H groups in total. The molecular weight excluding hydrogens is 789 g/mol. The first kappa shape index (κ1) is 56.7. The number of carbonyl (C=O) groups is 2. The Hall–Kier alpha value is -1.35. The van der Waals surface area contributed by atoms with Gasteiger partial charge in [0.05, 0.1) is 6.61 Å². The predicted molar refractivity (Wildman–Crippen MR) is 238 cm³/mol. The van der Waals surface area contributed by atoms with E-state index in [2.05, 4.69) is 13.8 Å². The SMILES string of the molecule is CCCCCCCCCCCCCCCCCCCCCCCC(=O)OC[C@H](CO[C@H]1O[C@H](CS(=O)(=O)O)[C@@H](O)C(O)C1O)OC(=O)CCCCCCCCCCCCC. The van der Waals surface area contributed by atoms with Gasteiger partial charge in [0.2, 0.25) is 0 Å². The molecule has 1 aliphatic heterocycles. The van der Waals surface area contributed by atoms with E-state index in [0.717, 1.165) is 38.5 Å². The van der Waals surface area contributed by atoms with Gasteiger partial charge in [-0.15, -0.1) is 0 Å². The van der Waals surface area contributed by atoms with Gasteiger partial charge in [0, 0.05) is 12.8 Å². The van der Waals surface area contributed by atoms with E-state index in [9.17, 15) is 37.9 Å². The van der Waals surface area contributed by atoms with E-state index in [1.165, 1.54) is 154 Å². The summed E-state index contributed by atoms with van der Waals surface area (Å²) >= 11 is 0. The molecule has 1 rings (SSSR count). The van der Waals surface area contributed by atoms with Crippen molar-refractivity contribution in [2.75, 3.05) is 19.0 Å². The number of ether oxygens (including phenoxy) is 4. The van der Waals surface area contributed by atoms with Crippen LogP contribution in [0.1, 0.15) is 232 Å². The Morgan fingerprint density at radius 3 is 1.22 bits per heavy atom. The lowest BCUT2D eigenvalue weighted by Crippen LogP contribution is -2.60. The third-order valence-corrected chi connectivity index (χ3v) is 12.4. The Morgan fingerprint density at radius 1 is 0.500 bits per heavy atom. The van der Waals surface area contributed by atoms with Crippen LogP contribution in [0.5, 0.6) is 0 Å². The first-order chi connectivity index (χ1) is 29.0. The fourth-order valence-corrected chi connectivity index (χ4v) is 8.55. The molecule has 12 nitrogen and oxygen atoms in total. The van der Waals surface area contributed by atoms with E-state index in [1.54, 1.807) is 0 Å². The van der Waals surface area contributed by atoms with Crippen LogP contribution in [-0.4, -0.2) is 96.0 Å². The highest BCUT2D eigenvalue weighted by atomic mass is 32.2. The van der Waals surface area contributed by atoms with E-state index in [4.69, 9.17) is 18.9 Å². The number of esters is 2. The molecular formula is C47H90O12S. The summed E-state index contributed by atoms with van der Waals surface area (Å²) in [5.74, 6) is -1.96. The van der Waals surface area contributed by atoms with E-state index in [-0.39, 0.29) is 19.4 Å². The van der Waals surface area contributed by atoms with E-state index < -0.39 is 71.2 Å². The second-order valence-corrected chi connectivity index (χ2v) is 19.0. The van der Waals surface area contributed by atoms with Gasteiger partial charge in [0.25, 0.3) is 10.1 Å². The number of rotatable bonds is 42. The number of hydrogen-bond acceptors (Lipinski definition) is 11. The Morgan fingerprint density at radius 2 is 0.850 bits per heavy atom. The van der Waals surface area contributed by atoms with Crippen LogP contribution < -0.4 is 0 Å².